The summed E-state index contributed by atoms with van der Waals surface area (Å²) < 4.78 is 0. The van der Waals surface area contributed by atoms with E-state index >= 15 is 0 Å². The van der Waals surface area contributed by atoms with Crippen LogP contribution in [-0.2, 0) is 6.42 Å². The van der Waals surface area contributed by atoms with Crippen molar-refractivity contribution in [1.29, 1.82) is 5.26 Å². The fourth-order valence-electron chi connectivity index (χ4n) is 1.10. The Morgan fingerprint density at radius 2 is 2.31 bits per heavy atom. The third-order valence-corrected chi connectivity index (χ3v) is 1.85. The van der Waals surface area contributed by atoms with Gasteiger partial charge in [0, 0.05) is 0 Å². The van der Waals surface area contributed by atoms with Crippen LogP contribution in [0.15, 0.2) is 18.2 Å². The molecule has 68 valence electrons. The van der Waals surface area contributed by atoms with Gasteiger partial charge in [0.1, 0.15) is 11.8 Å². The first-order valence-corrected chi connectivity index (χ1v) is 4.14. The van der Waals surface area contributed by atoms with E-state index in [1.165, 1.54) is 0 Å². The summed E-state index contributed by atoms with van der Waals surface area (Å²) in [5.74, 6) is 0.0516. The van der Waals surface area contributed by atoms with Crippen LogP contribution in [0.2, 0.25) is 0 Å². The largest absolute Gasteiger partial charge is 0.507 e. The summed E-state index contributed by atoms with van der Waals surface area (Å²) in [6.45, 7) is 0.871. The Bertz CT molecular complexity index is 328. The van der Waals surface area contributed by atoms with E-state index in [9.17, 15) is 5.11 Å². The molecular formula is C10H12N2O. The van der Waals surface area contributed by atoms with Crippen molar-refractivity contribution in [1.82, 2.24) is 5.32 Å². The van der Waals surface area contributed by atoms with Gasteiger partial charge in [-0.1, -0.05) is 6.07 Å². The third kappa shape index (κ3) is 2.46. The summed E-state index contributed by atoms with van der Waals surface area (Å²) in [5, 5.41) is 20.9. The van der Waals surface area contributed by atoms with Gasteiger partial charge in [-0.05, 0) is 37.7 Å². The number of hydrogen-bond acceptors (Lipinski definition) is 3. The third-order valence-electron chi connectivity index (χ3n) is 1.85. The number of hydrogen-bond donors (Lipinski definition) is 2. The van der Waals surface area contributed by atoms with E-state index < -0.39 is 0 Å². The van der Waals surface area contributed by atoms with Crippen molar-refractivity contribution < 1.29 is 5.11 Å². The summed E-state index contributed by atoms with van der Waals surface area (Å²) in [6, 6.07) is 7.04. The molecule has 3 heteroatoms. The highest BCUT2D eigenvalue weighted by atomic mass is 16.3. The van der Waals surface area contributed by atoms with Gasteiger partial charge in [0.2, 0.25) is 0 Å². The summed E-state index contributed by atoms with van der Waals surface area (Å²) >= 11 is 0. The van der Waals surface area contributed by atoms with Crippen LogP contribution in [0.4, 0.5) is 0 Å². The SMILES string of the molecule is CNCCc1ccc(O)c(C#N)c1. The van der Waals surface area contributed by atoms with E-state index in [0.29, 0.717) is 5.56 Å². The molecule has 0 bridgehead atoms. The zero-order chi connectivity index (χ0) is 9.68. The van der Waals surface area contributed by atoms with Gasteiger partial charge < -0.3 is 10.4 Å². The molecule has 13 heavy (non-hydrogen) atoms. The molecular weight excluding hydrogens is 164 g/mol. The highest BCUT2D eigenvalue weighted by molar-refractivity contribution is 5.44. The van der Waals surface area contributed by atoms with Gasteiger partial charge in [-0.15, -0.1) is 0 Å². The molecule has 0 atom stereocenters. The molecule has 0 fully saturated rings. The second kappa shape index (κ2) is 4.48. The molecule has 0 aliphatic heterocycles. The molecule has 0 radical (unpaired) electrons. The van der Waals surface area contributed by atoms with Crippen LogP contribution in [0.1, 0.15) is 11.1 Å². The molecule has 1 aromatic rings. The molecule has 2 N–H and O–H groups in total. The van der Waals surface area contributed by atoms with Crippen LogP contribution in [0.25, 0.3) is 0 Å². The zero-order valence-corrected chi connectivity index (χ0v) is 7.54. The quantitative estimate of drug-likeness (QED) is 0.723. The molecule has 0 aliphatic carbocycles. The molecule has 0 saturated carbocycles. The number of nitrogens with zero attached hydrogens (tertiary/aromatic N) is 1. The summed E-state index contributed by atoms with van der Waals surface area (Å²) in [4.78, 5) is 0. The molecule has 0 spiro atoms. The van der Waals surface area contributed by atoms with Crippen molar-refractivity contribution in [3.8, 4) is 11.8 Å². The van der Waals surface area contributed by atoms with Crippen LogP contribution >= 0.6 is 0 Å². The summed E-state index contributed by atoms with van der Waals surface area (Å²) in [6.07, 6.45) is 0.867. The first-order valence-electron chi connectivity index (χ1n) is 4.14. The first-order chi connectivity index (χ1) is 6.27. The second-order valence-corrected chi connectivity index (χ2v) is 2.82. The van der Waals surface area contributed by atoms with E-state index in [1.54, 1.807) is 12.1 Å². The van der Waals surface area contributed by atoms with Crippen molar-refractivity contribution in [2.75, 3.05) is 13.6 Å². The Hall–Kier alpha value is -1.53. The molecule has 1 aromatic carbocycles. The number of benzene rings is 1. The number of likely N-dealkylation sites (N-methyl/N-ethyl adjacent to an activating group) is 1. The Morgan fingerprint density at radius 1 is 1.54 bits per heavy atom. The lowest BCUT2D eigenvalue weighted by molar-refractivity contribution is 0.473. The van der Waals surface area contributed by atoms with Crippen molar-refractivity contribution in [2.45, 2.75) is 6.42 Å². The van der Waals surface area contributed by atoms with Crippen molar-refractivity contribution >= 4 is 0 Å². The highest BCUT2D eigenvalue weighted by Gasteiger charge is 2.00. The van der Waals surface area contributed by atoms with Crippen LogP contribution in [-0.4, -0.2) is 18.7 Å². The van der Waals surface area contributed by atoms with Gasteiger partial charge >= 0.3 is 0 Å². The molecule has 0 unspecified atom stereocenters. The Morgan fingerprint density at radius 3 is 2.92 bits per heavy atom. The van der Waals surface area contributed by atoms with Gasteiger partial charge in [0.25, 0.3) is 0 Å². The van der Waals surface area contributed by atoms with E-state index in [4.69, 9.17) is 5.26 Å². The molecule has 1 rings (SSSR count). The second-order valence-electron chi connectivity index (χ2n) is 2.82. The van der Waals surface area contributed by atoms with E-state index in [-0.39, 0.29) is 5.75 Å². The minimum Gasteiger partial charge on any atom is -0.507 e. The van der Waals surface area contributed by atoms with Crippen LogP contribution in [0.5, 0.6) is 5.75 Å². The standard InChI is InChI=1S/C10H12N2O/c1-12-5-4-8-2-3-10(13)9(6-8)7-11/h2-3,6,12-13H,4-5H2,1H3. The molecule has 0 aromatic heterocycles. The van der Waals surface area contributed by atoms with Crippen molar-refractivity contribution in [3.05, 3.63) is 29.3 Å². The average Bonchev–Trinajstić information content (AvgIpc) is 2.16. The topological polar surface area (TPSA) is 56.0 Å². The number of nitrogens with one attached hydrogen (secondary N) is 1. The van der Waals surface area contributed by atoms with E-state index in [0.717, 1.165) is 18.5 Å². The van der Waals surface area contributed by atoms with E-state index in [1.807, 2.05) is 19.2 Å². The summed E-state index contributed by atoms with van der Waals surface area (Å²) in [7, 11) is 1.88. The molecule has 0 saturated heterocycles. The number of rotatable bonds is 3. The highest BCUT2D eigenvalue weighted by Crippen LogP contribution is 2.17. The molecule has 3 nitrogen and oxygen atoms in total. The van der Waals surface area contributed by atoms with Crippen LogP contribution in [0.3, 0.4) is 0 Å². The Labute approximate surface area is 77.6 Å². The summed E-state index contributed by atoms with van der Waals surface area (Å²) in [5.41, 5.74) is 1.40. The maximum absolute atomic E-state index is 9.22. The lowest BCUT2D eigenvalue weighted by atomic mass is 10.1. The normalized spacial score (nSPS) is 9.54. The zero-order valence-electron chi connectivity index (χ0n) is 7.54. The fraction of sp³-hybridized carbons (Fsp3) is 0.300. The number of phenolic OH excluding ortho intramolecular Hbond substituents is 1. The lowest BCUT2D eigenvalue weighted by Crippen LogP contribution is -2.10. The van der Waals surface area contributed by atoms with Gasteiger partial charge in [-0.2, -0.15) is 5.26 Å². The Kier molecular flexibility index (Phi) is 3.30. The van der Waals surface area contributed by atoms with Gasteiger partial charge in [-0.3, -0.25) is 0 Å². The van der Waals surface area contributed by atoms with Crippen LogP contribution < -0.4 is 5.32 Å². The average molecular weight is 176 g/mol. The predicted molar refractivity (Wildman–Crippen MR) is 50.5 cm³/mol. The van der Waals surface area contributed by atoms with Crippen molar-refractivity contribution in [3.63, 3.8) is 0 Å². The van der Waals surface area contributed by atoms with Crippen LogP contribution in [0, 0.1) is 11.3 Å². The van der Waals surface area contributed by atoms with Gasteiger partial charge in [-0.25, -0.2) is 0 Å². The number of nitriles is 1. The maximum atomic E-state index is 9.22. The van der Waals surface area contributed by atoms with Crippen molar-refractivity contribution in [2.24, 2.45) is 0 Å². The van der Waals surface area contributed by atoms with Gasteiger partial charge in [0.15, 0.2) is 0 Å². The molecule has 0 amide bonds. The number of aromatic hydroxyl groups is 1. The number of phenols is 1. The van der Waals surface area contributed by atoms with Gasteiger partial charge in [0.05, 0.1) is 5.56 Å². The Balaban J connectivity index is 2.82. The minimum absolute atomic E-state index is 0.0516. The maximum Gasteiger partial charge on any atom is 0.133 e. The monoisotopic (exact) mass is 176 g/mol. The minimum atomic E-state index is 0.0516. The van der Waals surface area contributed by atoms with E-state index in [2.05, 4.69) is 5.32 Å². The lowest BCUT2D eigenvalue weighted by Gasteiger charge is -2.02. The predicted octanol–water partition coefficient (Wildman–Crippen LogP) is 1.03. The molecule has 0 heterocycles. The fourth-order valence-corrected chi connectivity index (χ4v) is 1.10. The molecule has 0 aliphatic rings. The smallest absolute Gasteiger partial charge is 0.133 e. The first kappa shape index (κ1) is 9.56.